The highest BCUT2D eigenvalue weighted by Crippen LogP contribution is 2.29. The van der Waals surface area contributed by atoms with E-state index in [0.717, 1.165) is 18.4 Å². The van der Waals surface area contributed by atoms with E-state index in [9.17, 15) is 14.9 Å². The average Bonchev–Trinajstić information content (AvgIpc) is 2.73. The van der Waals surface area contributed by atoms with Gasteiger partial charge in [0.05, 0.1) is 23.8 Å². The van der Waals surface area contributed by atoms with E-state index in [4.69, 9.17) is 4.74 Å². The lowest BCUT2D eigenvalue weighted by molar-refractivity contribution is -0.384. The second-order valence-electron chi connectivity index (χ2n) is 6.24. The number of nitro benzene ring substituents is 1. The summed E-state index contributed by atoms with van der Waals surface area (Å²) in [6.45, 7) is 0. The average molecular weight is 376 g/mol. The lowest BCUT2D eigenvalue weighted by Gasteiger charge is -2.12. The summed E-state index contributed by atoms with van der Waals surface area (Å²) < 4.78 is 5.19. The van der Waals surface area contributed by atoms with Crippen molar-refractivity contribution in [3.05, 3.63) is 99.6 Å². The second kappa shape index (κ2) is 8.81. The third-order valence-corrected chi connectivity index (χ3v) is 4.43. The second-order valence-corrected chi connectivity index (χ2v) is 6.24. The standard InChI is InChI=1S/C22H20N2O4/c1-28-21-15-18(24(26)27)13-14-20(21)23-22(25)19-10-6-5-9-17(19)12-11-16-7-3-2-4-8-16/h2-10,13-15H,11-12H2,1H3,(H,23,25). The van der Waals surface area contributed by atoms with Gasteiger partial charge in [0.2, 0.25) is 0 Å². The Bertz CT molecular complexity index is 987. The molecule has 6 heteroatoms. The van der Waals surface area contributed by atoms with Gasteiger partial charge in [-0.15, -0.1) is 0 Å². The Morgan fingerprint density at radius 2 is 1.71 bits per heavy atom. The first-order chi connectivity index (χ1) is 13.6. The fourth-order valence-electron chi connectivity index (χ4n) is 2.97. The van der Waals surface area contributed by atoms with Crippen LogP contribution in [0.2, 0.25) is 0 Å². The molecular formula is C22H20N2O4. The zero-order valence-corrected chi connectivity index (χ0v) is 15.4. The number of carbonyl (C=O) groups is 1. The number of nitrogens with zero attached hydrogens (tertiary/aromatic N) is 1. The van der Waals surface area contributed by atoms with Crippen LogP contribution in [0.4, 0.5) is 11.4 Å². The molecule has 0 unspecified atom stereocenters. The molecular weight excluding hydrogens is 356 g/mol. The van der Waals surface area contributed by atoms with E-state index in [-0.39, 0.29) is 17.3 Å². The van der Waals surface area contributed by atoms with Crippen molar-refractivity contribution in [1.82, 2.24) is 0 Å². The van der Waals surface area contributed by atoms with Crippen LogP contribution in [0.25, 0.3) is 0 Å². The number of rotatable bonds is 7. The summed E-state index contributed by atoms with van der Waals surface area (Å²) in [5.41, 5.74) is 2.99. The topological polar surface area (TPSA) is 81.5 Å². The van der Waals surface area contributed by atoms with Gasteiger partial charge in [0.25, 0.3) is 11.6 Å². The molecule has 6 nitrogen and oxygen atoms in total. The number of amides is 1. The maximum Gasteiger partial charge on any atom is 0.273 e. The van der Waals surface area contributed by atoms with Crippen molar-refractivity contribution in [2.45, 2.75) is 12.8 Å². The Morgan fingerprint density at radius 3 is 2.43 bits per heavy atom. The van der Waals surface area contributed by atoms with E-state index < -0.39 is 4.92 Å². The fraction of sp³-hybridized carbons (Fsp3) is 0.136. The Morgan fingerprint density at radius 1 is 1.00 bits per heavy atom. The fourth-order valence-corrected chi connectivity index (χ4v) is 2.97. The van der Waals surface area contributed by atoms with Gasteiger partial charge in [-0.25, -0.2) is 0 Å². The molecule has 0 heterocycles. The quantitative estimate of drug-likeness (QED) is 0.481. The van der Waals surface area contributed by atoms with Gasteiger partial charge in [-0.2, -0.15) is 0 Å². The number of benzene rings is 3. The van der Waals surface area contributed by atoms with Crippen molar-refractivity contribution < 1.29 is 14.5 Å². The van der Waals surface area contributed by atoms with Crippen molar-refractivity contribution in [3.63, 3.8) is 0 Å². The Labute approximate surface area is 162 Å². The van der Waals surface area contributed by atoms with E-state index in [2.05, 4.69) is 17.4 Å². The molecule has 0 radical (unpaired) electrons. The first-order valence-electron chi connectivity index (χ1n) is 8.84. The minimum atomic E-state index is -0.507. The van der Waals surface area contributed by atoms with E-state index in [1.165, 1.54) is 30.9 Å². The highest BCUT2D eigenvalue weighted by molar-refractivity contribution is 6.06. The number of aryl methyl sites for hydroxylation is 2. The van der Waals surface area contributed by atoms with Crippen LogP contribution in [0, 0.1) is 10.1 Å². The van der Waals surface area contributed by atoms with Crippen molar-refractivity contribution in [3.8, 4) is 5.75 Å². The van der Waals surface area contributed by atoms with Crippen molar-refractivity contribution in [2.75, 3.05) is 12.4 Å². The van der Waals surface area contributed by atoms with Crippen LogP contribution in [0.1, 0.15) is 21.5 Å². The number of methoxy groups -OCH3 is 1. The molecule has 0 aliphatic rings. The van der Waals surface area contributed by atoms with Gasteiger partial charge in [0, 0.05) is 11.6 Å². The molecule has 0 fully saturated rings. The predicted octanol–water partition coefficient (Wildman–Crippen LogP) is 4.64. The molecule has 142 valence electrons. The molecule has 0 atom stereocenters. The largest absolute Gasteiger partial charge is 0.494 e. The Balaban J connectivity index is 1.79. The van der Waals surface area contributed by atoms with Crippen LogP contribution >= 0.6 is 0 Å². The number of hydrogen-bond donors (Lipinski definition) is 1. The summed E-state index contributed by atoms with van der Waals surface area (Å²) in [4.78, 5) is 23.2. The number of ether oxygens (including phenoxy) is 1. The molecule has 3 rings (SSSR count). The summed E-state index contributed by atoms with van der Waals surface area (Å²) in [5.74, 6) is -0.0415. The van der Waals surface area contributed by atoms with Crippen LogP contribution in [0.15, 0.2) is 72.8 Å². The minimum absolute atomic E-state index is 0.0990. The first-order valence-corrected chi connectivity index (χ1v) is 8.84. The van der Waals surface area contributed by atoms with Crippen LogP contribution in [0.3, 0.4) is 0 Å². The smallest absolute Gasteiger partial charge is 0.273 e. The van der Waals surface area contributed by atoms with Crippen LogP contribution < -0.4 is 10.1 Å². The number of carbonyl (C=O) groups excluding carboxylic acids is 1. The molecule has 0 saturated heterocycles. The molecule has 3 aromatic carbocycles. The van der Waals surface area contributed by atoms with Crippen LogP contribution in [0.5, 0.6) is 5.75 Å². The van der Waals surface area contributed by atoms with E-state index >= 15 is 0 Å². The summed E-state index contributed by atoms with van der Waals surface area (Å²) in [6.07, 6.45) is 1.55. The van der Waals surface area contributed by atoms with Crippen molar-refractivity contribution >= 4 is 17.3 Å². The predicted molar refractivity (Wildman–Crippen MR) is 108 cm³/mol. The summed E-state index contributed by atoms with van der Waals surface area (Å²) in [7, 11) is 1.41. The number of nitrogens with one attached hydrogen (secondary N) is 1. The number of non-ortho nitro benzene ring substituents is 1. The van der Waals surface area contributed by atoms with Gasteiger partial charge in [0.15, 0.2) is 0 Å². The van der Waals surface area contributed by atoms with Crippen molar-refractivity contribution in [2.24, 2.45) is 0 Å². The summed E-state index contributed by atoms with van der Waals surface area (Å²) in [5, 5.41) is 13.7. The highest BCUT2D eigenvalue weighted by atomic mass is 16.6. The van der Waals surface area contributed by atoms with E-state index in [0.29, 0.717) is 11.3 Å². The normalized spacial score (nSPS) is 10.3. The number of nitro groups is 1. The van der Waals surface area contributed by atoms with Crippen LogP contribution in [-0.4, -0.2) is 17.9 Å². The molecule has 1 N–H and O–H groups in total. The molecule has 1 amide bonds. The Hall–Kier alpha value is -3.67. The molecule has 28 heavy (non-hydrogen) atoms. The minimum Gasteiger partial charge on any atom is -0.494 e. The van der Waals surface area contributed by atoms with Gasteiger partial charge in [-0.05, 0) is 36.1 Å². The monoisotopic (exact) mass is 376 g/mol. The number of hydrogen-bond acceptors (Lipinski definition) is 4. The lowest BCUT2D eigenvalue weighted by atomic mass is 9.99. The summed E-state index contributed by atoms with van der Waals surface area (Å²) >= 11 is 0. The molecule has 0 saturated carbocycles. The molecule has 0 aliphatic carbocycles. The maximum absolute atomic E-state index is 12.8. The summed E-state index contributed by atoms with van der Waals surface area (Å²) in [6, 6.07) is 21.6. The van der Waals surface area contributed by atoms with E-state index in [1.54, 1.807) is 6.07 Å². The first kappa shape index (κ1) is 19.1. The van der Waals surface area contributed by atoms with Gasteiger partial charge in [-0.1, -0.05) is 48.5 Å². The zero-order valence-electron chi connectivity index (χ0n) is 15.4. The van der Waals surface area contributed by atoms with E-state index in [1.807, 2.05) is 36.4 Å². The third kappa shape index (κ3) is 4.54. The molecule has 0 aromatic heterocycles. The maximum atomic E-state index is 12.8. The van der Waals surface area contributed by atoms with Gasteiger partial charge >= 0.3 is 0 Å². The molecule has 0 aliphatic heterocycles. The van der Waals surface area contributed by atoms with Gasteiger partial charge < -0.3 is 10.1 Å². The van der Waals surface area contributed by atoms with Gasteiger partial charge in [0.1, 0.15) is 5.75 Å². The number of anilines is 1. The third-order valence-electron chi connectivity index (χ3n) is 4.43. The molecule has 3 aromatic rings. The van der Waals surface area contributed by atoms with Crippen LogP contribution in [-0.2, 0) is 12.8 Å². The highest BCUT2D eigenvalue weighted by Gasteiger charge is 2.16. The van der Waals surface area contributed by atoms with Gasteiger partial charge in [-0.3, -0.25) is 14.9 Å². The Kier molecular flexibility index (Phi) is 6.01. The zero-order chi connectivity index (χ0) is 19.9. The molecule has 0 spiro atoms. The molecule has 0 bridgehead atoms. The SMILES string of the molecule is COc1cc([N+](=O)[O-])ccc1NC(=O)c1ccccc1CCc1ccccc1. The van der Waals surface area contributed by atoms with Crippen molar-refractivity contribution in [1.29, 1.82) is 0 Å². The lowest BCUT2D eigenvalue weighted by Crippen LogP contribution is -2.15.